The second kappa shape index (κ2) is 6.48. The van der Waals surface area contributed by atoms with Crippen LogP contribution in [0.5, 0.6) is 0 Å². The molecule has 8 nitrogen and oxygen atoms in total. The number of carbonyl (C=O) groups is 3. The van der Waals surface area contributed by atoms with Crippen LogP contribution in [0.15, 0.2) is 0 Å². The predicted octanol–water partition coefficient (Wildman–Crippen LogP) is -1.30. The van der Waals surface area contributed by atoms with Crippen LogP contribution in [0.3, 0.4) is 0 Å². The summed E-state index contributed by atoms with van der Waals surface area (Å²) < 4.78 is 14.9. The van der Waals surface area contributed by atoms with Gasteiger partial charge in [0.25, 0.3) is 0 Å². The van der Waals surface area contributed by atoms with Crippen LogP contribution in [0.4, 0.5) is 0 Å². The fourth-order valence-corrected chi connectivity index (χ4v) is 1.83. The minimum Gasteiger partial charge on any atom is -0.458 e. The molecule has 1 heterocycles. The number of aliphatic hydroxyl groups excluding tert-OH is 1. The van der Waals surface area contributed by atoms with Crippen LogP contribution in [0.25, 0.3) is 0 Å². The molecule has 0 saturated carbocycles. The third kappa shape index (κ3) is 4.49. The summed E-state index contributed by atoms with van der Waals surface area (Å²) in [6.07, 6.45) is -3.37. The first-order chi connectivity index (χ1) is 8.81. The minimum absolute atomic E-state index is 0.108. The lowest BCUT2D eigenvalue weighted by Gasteiger charge is -2.39. The molecule has 0 bridgehead atoms. The summed E-state index contributed by atoms with van der Waals surface area (Å²) in [4.78, 5) is 33.2. The molecule has 1 amide bonds. The van der Waals surface area contributed by atoms with Gasteiger partial charge in [-0.25, -0.2) is 0 Å². The predicted molar refractivity (Wildman–Crippen MR) is 60.7 cm³/mol. The van der Waals surface area contributed by atoms with Crippen molar-refractivity contribution >= 4 is 17.8 Å². The van der Waals surface area contributed by atoms with Crippen molar-refractivity contribution in [1.82, 2.24) is 5.32 Å². The Balaban J connectivity index is 2.89. The first-order valence-electron chi connectivity index (χ1n) is 5.72. The van der Waals surface area contributed by atoms with Gasteiger partial charge in [-0.15, -0.1) is 0 Å². The van der Waals surface area contributed by atoms with Crippen molar-refractivity contribution in [1.29, 1.82) is 0 Å². The Morgan fingerprint density at radius 1 is 1.16 bits per heavy atom. The molecule has 1 aliphatic heterocycles. The molecule has 0 radical (unpaired) electrons. The maximum atomic E-state index is 11.2. The normalized spacial score (nSPS) is 30.3. The van der Waals surface area contributed by atoms with Gasteiger partial charge >= 0.3 is 11.9 Å². The molecule has 4 atom stereocenters. The molecule has 8 heteroatoms. The molecule has 0 aromatic rings. The molecular weight excluding hydrogens is 258 g/mol. The molecule has 0 spiro atoms. The zero-order chi connectivity index (χ0) is 14.6. The number of nitrogens with one attached hydrogen (secondary N) is 1. The quantitative estimate of drug-likeness (QED) is 0.616. The van der Waals surface area contributed by atoms with Crippen molar-refractivity contribution in [3.8, 4) is 0 Å². The van der Waals surface area contributed by atoms with Gasteiger partial charge in [-0.3, -0.25) is 14.4 Å². The van der Waals surface area contributed by atoms with Gasteiger partial charge in [-0.1, -0.05) is 0 Å². The van der Waals surface area contributed by atoms with Crippen LogP contribution in [0.1, 0.15) is 20.8 Å². The average molecular weight is 275 g/mol. The average Bonchev–Trinajstić information content (AvgIpc) is 2.25. The van der Waals surface area contributed by atoms with Crippen molar-refractivity contribution in [3.63, 3.8) is 0 Å². The smallest absolute Gasteiger partial charge is 0.303 e. The number of hydrogen-bond donors (Lipinski definition) is 2. The van der Waals surface area contributed by atoms with Gasteiger partial charge in [-0.2, -0.15) is 0 Å². The van der Waals surface area contributed by atoms with E-state index in [0.29, 0.717) is 0 Å². The van der Waals surface area contributed by atoms with Crippen LogP contribution in [0, 0.1) is 0 Å². The summed E-state index contributed by atoms with van der Waals surface area (Å²) in [7, 11) is 0. The molecular formula is C11H17NO7. The molecule has 19 heavy (non-hydrogen) atoms. The summed E-state index contributed by atoms with van der Waals surface area (Å²) in [5, 5.41) is 12.2. The summed E-state index contributed by atoms with van der Waals surface area (Å²) in [6.45, 7) is 3.52. The maximum Gasteiger partial charge on any atom is 0.303 e. The van der Waals surface area contributed by atoms with Crippen molar-refractivity contribution in [3.05, 3.63) is 0 Å². The van der Waals surface area contributed by atoms with E-state index in [1.807, 2.05) is 0 Å². The Morgan fingerprint density at radius 2 is 1.74 bits per heavy atom. The van der Waals surface area contributed by atoms with E-state index in [1.54, 1.807) is 0 Å². The second-order valence-electron chi connectivity index (χ2n) is 4.17. The highest BCUT2D eigenvalue weighted by molar-refractivity contribution is 5.74. The van der Waals surface area contributed by atoms with Crippen LogP contribution < -0.4 is 5.32 Å². The Bertz CT molecular complexity index is 370. The van der Waals surface area contributed by atoms with E-state index in [4.69, 9.17) is 14.2 Å². The van der Waals surface area contributed by atoms with E-state index < -0.39 is 42.4 Å². The van der Waals surface area contributed by atoms with E-state index in [0.717, 1.165) is 6.92 Å². The molecule has 1 rings (SSSR count). The van der Waals surface area contributed by atoms with Crippen LogP contribution in [-0.2, 0) is 28.6 Å². The number of hydrogen-bond acceptors (Lipinski definition) is 7. The Labute approximate surface area is 110 Å². The highest BCUT2D eigenvalue weighted by Gasteiger charge is 2.44. The van der Waals surface area contributed by atoms with Crippen molar-refractivity contribution in [2.24, 2.45) is 0 Å². The van der Waals surface area contributed by atoms with Gasteiger partial charge in [0, 0.05) is 20.8 Å². The third-order valence-electron chi connectivity index (χ3n) is 2.46. The van der Waals surface area contributed by atoms with Crippen LogP contribution >= 0.6 is 0 Å². The SMILES string of the molecule is CC(=O)N[C@@H]1[C@H](OC(C)=O)[C@@H](O)OC[C@@H]1OC(C)=O. The highest BCUT2D eigenvalue weighted by Crippen LogP contribution is 2.20. The van der Waals surface area contributed by atoms with E-state index >= 15 is 0 Å². The number of aliphatic hydroxyl groups is 1. The highest BCUT2D eigenvalue weighted by atomic mass is 16.7. The van der Waals surface area contributed by atoms with Crippen molar-refractivity contribution < 1.29 is 33.7 Å². The van der Waals surface area contributed by atoms with Crippen LogP contribution in [0.2, 0.25) is 0 Å². The van der Waals surface area contributed by atoms with Crippen molar-refractivity contribution in [2.75, 3.05) is 6.61 Å². The first kappa shape index (κ1) is 15.4. The molecule has 1 aliphatic rings. The van der Waals surface area contributed by atoms with Crippen LogP contribution in [-0.4, -0.2) is 54.1 Å². The van der Waals surface area contributed by atoms with E-state index in [1.165, 1.54) is 13.8 Å². The topological polar surface area (TPSA) is 111 Å². The van der Waals surface area contributed by atoms with Crippen molar-refractivity contribution in [2.45, 2.75) is 45.3 Å². The van der Waals surface area contributed by atoms with E-state index in [2.05, 4.69) is 5.32 Å². The number of rotatable bonds is 3. The number of carbonyl (C=O) groups excluding carboxylic acids is 3. The van der Waals surface area contributed by atoms with Gasteiger partial charge in [0.15, 0.2) is 12.4 Å². The summed E-state index contributed by atoms with van der Waals surface area (Å²) in [5.74, 6) is -1.62. The monoisotopic (exact) mass is 275 g/mol. The molecule has 0 aliphatic carbocycles. The molecule has 1 fully saturated rings. The van der Waals surface area contributed by atoms with Gasteiger partial charge in [-0.05, 0) is 0 Å². The van der Waals surface area contributed by atoms with Gasteiger partial charge in [0.2, 0.25) is 5.91 Å². The third-order valence-corrected chi connectivity index (χ3v) is 2.46. The molecule has 0 aromatic carbocycles. The number of ether oxygens (including phenoxy) is 3. The summed E-state index contributed by atoms with van der Waals surface area (Å²) in [6, 6.07) is -0.867. The standard InChI is InChI=1S/C11H17NO7/c1-5(13)12-9-8(18-6(2)14)4-17-11(16)10(9)19-7(3)15/h8-11,16H,4H2,1-3H3,(H,12,13)/t8-,9-,10-,11-/m0/s1. The molecule has 1 saturated heterocycles. The molecule has 0 aromatic heterocycles. The molecule has 2 N–H and O–H groups in total. The fraction of sp³-hybridized carbons (Fsp3) is 0.727. The lowest BCUT2D eigenvalue weighted by molar-refractivity contribution is -0.238. The summed E-state index contributed by atoms with van der Waals surface area (Å²) in [5.41, 5.74) is 0. The number of esters is 2. The number of amides is 1. The lowest BCUT2D eigenvalue weighted by Crippen LogP contribution is -2.62. The zero-order valence-corrected chi connectivity index (χ0v) is 10.9. The molecule has 0 unspecified atom stereocenters. The fourth-order valence-electron chi connectivity index (χ4n) is 1.83. The van der Waals surface area contributed by atoms with Gasteiger partial charge in [0.05, 0.1) is 6.61 Å². The lowest BCUT2D eigenvalue weighted by atomic mass is 10.0. The second-order valence-corrected chi connectivity index (χ2v) is 4.17. The maximum absolute atomic E-state index is 11.2. The van der Waals surface area contributed by atoms with Gasteiger partial charge in [0.1, 0.15) is 12.1 Å². The van der Waals surface area contributed by atoms with Gasteiger partial charge < -0.3 is 24.6 Å². The summed E-state index contributed by atoms with van der Waals surface area (Å²) >= 11 is 0. The largest absolute Gasteiger partial charge is 0.458 e. The van der Waals surface area contributed by atoms with E-state index in [-0.39, 0.29) is 6.61 Å². The Hall–Kier alpha value is -1.67. The Morgan fingerprint density at radius 3 is 2.21 bits per heavy atom. The first-order valence-corrected chi connectivity index (χ1v) is 5.72. The zero-order valence-electron chi connectivity index (χ0n) is 10.9. The van der Waals surface area contributed by atoms with E-state index in [9.17, 15) is 19.5 Å². The Kier molecular flexibility index (Phi) is 5.25. The molecule has 108 valence electrons. The minimum atomic E-state index is -1.40.